The van der Waals surface area contributed by atoms with Gasteiger partial charge in [-0.2, -0.15) is 13.2 Å². The van der Waals surface area contributed by atoms with Crippen molar-refractivity contribution < 1.29 is 22.7 Å². The Bertz CT molecular complexity index is 814. The maximum atomic E-state index is 12.8. The predicted molar refractivity (Wildman–Crippen MR) is 103 cm³/mol. The Kier molecular flexibility index (Phi) is 7.32. The van der Waals surface area contributed by atoms with E-state index in [0.29, 0.717) is 17.2 Å². The summed E-state index contributed by atoms with van der Waals surface area (Å²) in [5.74, 6) is 0.477. The van der Waals surface area contributed by atoms with E-state index in [1.54, 1.807) is 18.2 Å². The topological polar surface area (TPSA) is 50.4 Å². The lowest BCUT2D eigenvalue weighted by molar-refractivity contribution is -0.137. The molecule has 0 bridgehead atoms. The molecule has 2 aromatic rings. The van der Waals surface area contributed by atoms with Gasteiger partial charge in [0.15, 0.2) is 0 Å². The molecule has 1 heterocycles. The van der Waals surface area contributed by atoms with E-state index in [2.05, 4.69) is 17.6 Å². The van der Waals surface area contributed by atoms with Crippen molar-refractivity contribution in [2.24, 2.45) is 5.92 Å². The van der Waals surface area contributed by atoms with Crippen LogP contribution >= 0.6 is 12.4 Å². The first-order valence-electron chi connectivity index (χ1n) is 8.80. The van der Waals surface area contributed by atoms with Crippen molar-refractivity contribution in [3.8, 4) is 11.5 Å². The van der Waals surface area contributed by atoms with Crippen LogP contribution < -0.4 is 15.4 Å². The molecule has 2 atom stereocenters. The van der Waals surface area contributed by atoms with Crippen LogP contribution in [-0.4, -0.2) is 25.0 Å². The summed E-state index contributed by atoms with van der Waals surface area (Å²) in [7, 11) is 0. The highest BCUT2D eigenvalue weighted by atomic mass is 35.5. The molecule has 8 heteroatoms. The molecule has 1 aliphatic heterocycles. The molecule has 0 spiro atoms. The lowest BCUT2D eigenvalue weighted by atomic mass is 9.95. The third-order valence-corrected chi connectivity index (χ3v) is 4.60. The first kappa shape index (κ1) is 22.0. The number of carbonyl (C=O) groups is 1. The predicted octanol–water partition coefficient (Wildman–Crippen LogP) is 4.65. The number of halogens is 4. The van der Waals surface area contributed by atoms with E-state index >= 15 is 0 Å². The van der Waals surface area contributed by atoms with Crippen molar-refractivity contribution in [1.82, 2.24) is 10.6 Å². The molecule has 1 saturated heterocycles. The van der Waals surface area contributed by atoms with E-state index in [4.69, 9.17) is 4.74 Å². The highest BCUT2D eigenvalue weighted by molar-refractivity contribution is 5.94. The minimum absolute atomic E-state index is 0. The van der Waals surface area contributed by atoms with Crippen molar-refractivity contribution in [3.05, 3.63) is 59.7 Å². The third-order valence-electron chi connectivity index (χ3n) is 4.60. The summed E-state index contributed by atoms with van der Waals surface area (Å²) < 4.78 is 44.0. The van der Waals surface area contributed by atoms with Crippen molar-refractivity contribution in [1.29, 1.82) is 0 Å². The van der Waals surface area contributed by atoms with Crippen LogP contribution in [0.3, 0.4) is 0 Å². The Morgan fingerprint density at radius 3 is 2.50 bits per heavy atom. The Morgan fingerprint density at radius 1 is 1.14 bits per heavy atom. The maximum Gasteiger partial charge on any atom is 0.416 e. The van der Waals surface area contributed by atoms with Crippen LogP contribution in [0.5, 0.6) is 11.5 Å². The monoisotopic (exact) mass is 414 g/mol. The average Bonchev–Trinajstić information content (AvgIpc) is 2.63. The molecule has 1 amide bonds. The zero-order chi connectivity index (χ0) is 19.4. The molecule has 2 aromatic carbocycles. The first-order chi connectivity index (χ1) is 12.8. The number of piperidine rings is 1. The number of ether oxygens (including phenoxy) is 1. The first-order valence-corrected chi connectivity index (χ1v) is 8.80. The molecule has 1 fully saturated rings. The fourth-order valence-electron chi connectivity index (χ4n) is 3.05. The molecule has 28 heavy (non-hydrogen) atoms. The molecule has 3 rings (SSSR count). The number of alkyl halides is 3. The molecule has 0 aliphatic carbocycles. The second kappa shape index (κ2) is 9.30. The van der Waals surface area contributed by atoms with Crippen LogP contribution in [0.4, 0.5) is 13.2 Å². The number of hydrogen-bond acceptors (Lipinski definition) is 3. The smallest absolute Gasteiger partial charge is 0.416 e. The molecule has 0 radical (unpaired) electrons. The Balaban J connectivity index is 0.00000280. The number of nitrogens with one attached hydrogen (secondary N) is 2. The van der Waals surface area contributed by atoms with Crippen LogP contribution in [0.25, 0.3) is 0 Å². The van der Waals surface area contributed by atoms with Gasteiger partial charge in [-0.25, -0.2) is 0 Å². The zero-order valence-corrected chi connectivity index (χ0v) is 16.1. The minimum atomic E-state index is -4.44. The quantitative estimate of drug-likeness (QED) is 0.765. The molecule has 152 valence electrons. The van der Waals surface area contributed by atoms with E-state index in [1.165, 1.54) is 18.2 Å². The fourth-order valence-corrected chi connectivity index (χ4v) is 3.05. The van der Waals surface area contributed by atoms with E-state index in [9.17, 15) is 18.0 Å². The van der Waals surface area contributed by atoms with E-state index in [0.717, 1.165) is 31.6 Å². The summed E-state index contributed by atoms with van der Waals surface area (Å²) in [5, 5.41) is 6.30. The Morgan fingerprint density at radius 2 is 1.82 bits per heavy atom. The highest BCUT2D eigenvalue weighted by Gasteiger charge is 2.30. The van der Waals surface area contributed by atoms with Gasteiger partial charge in [-0.15, -0.1) is 12.4 Å². The molecule has 4 nitrogen and oxygen atoms in total. The second-order valence-corrected chi connectivity index (χ2v) is 6.71. The largest absolute Gasteiger partial charge is 0.457 e. The molecule has 2 unspecified atom stereocenters. The summed E-state index contributed by atoms with van der Waals surface area (Å²) in [4.78, 5) is 12.5. The van der Waals surface area contributed by atoms with Gasteiger partial charge in [0.2, 0.25) is 0 Å². The standard InChI is InChI=1S/C20H21F3N2O2.ClH/c1-13-12-24-9-8-18(13)25-19(26)14-4-2-6-16(10-14)27-17-7-3-5-15(11-17)20(21,22)23;/h2-7,10-11,13,18,24H,8-9,12H2,1H3,(H,25,26);1H. The van der Waals surface area contributed by atoms with Gasteiger partial charge < -0.3 is 15.4 Å². The van der Waals surface area contributed by atoms with Gasteiger partial charge in [-0.3, -0.25) is 4.79 Å². The summed E-state index contributed by atoms with van der Waals surface area (Å²) >= 11 is 0. The number of amides is 1. The van der Waals surface area contributed by atoms with Crippen LogP contribution in [0.15, 0.2) is 48.5 Å². The maximum absolute atomic E-state index is 12.8. The average molecular weight is 415 g/mol. The Hall–Kier alpha value is -2.25. The number of hydrogen-bond donors (Lipinski definition) is 2. The van der Waals surface area contributed by atoms with E-state index < -0.39 is 11.7 Å². The molecule has 0 aromatic heterocycles. The molecular formula is C20H22ClF3N2O2. The van der Waals surface area contributed by atoms with Gasteiger partial charge in [0.05, 0.1) is 5.56 Å². The molecule has 2 N–H and O–H groups in total. The third kappa shape index (κ3) is 5.62. The number of benzene rings is 2. The fraction of sp³-hybridized carbons (Fsp3) is 0.350. The van der Waals surface area contributed by atoms with Gasteiger partial charge in [-0.1, -0.05) is 19.1 Å². The normalized spacial score (nSPS) is 19.4. The molecule has 0 saturated carbocycles. The van der Waals surface area contributed by atoms with Crippen LogP contribution in [0, 0.1) is 5.92 Å². The van der Waals surface area contributed by atoms with Crippen LogP contribution in [0.1, 0.15) is 29.3 Å². The van der Waals surface area contributed by atoms with Gasteiger partial charge in [0, 0.05) is 11.6 Å². The van der Waals surface area contributed by atoms with Crippen molar-refractivity contribution in [3.63, 3.8) is 0 Å². The van der Waals surface area contributed by atoms with Gasteiger partial charge >= 0.3 is 6.18 Å². The SMILES string of the molecule is CC1CNCCC1NC(=O)c1cccc(Oc2cccc(C(F)(F)F)c2)c1.Cl. The van der Waals surface area contributed by atoms with Crippen LogP contribution in [0.2, 0.25) is 0 Å². The second-order valence-electron chi connectivity index (χ2n) is 6.71. The summed E-state index contributed by atoms with van der Waals surface area (Å²) in [6.45, 7) is 3.78. The zero-order valence-electron chi connectivity index (χ0n) is 15.3. The van der Waals surface area contributed by atoms with Crippen LogP contribution in [-0.2, 0) is 6.18 Å². The van der Waals surface area contributed by atoms with Gasteiger partial charge in [0.1, 0.15) is 11.5 Å². The Labute approximate surface area is 167 Å². The van der Waals surface area contributed by atoms with E-state index in [1.807, 2.05) is 0 Å². The van der Waals surface area contributed by atoms with Gasteiger partial charge in [0.25, 0.3) is 5.91 Å². The molecular weight excluding hydrogens is 393 g/mol. The minimum Gasteiger partial charge on any atom is -0.457 e. The lowest BCUT2D eigenvalue weighted by Crippen LogP contribution is -2.48. The number of carbonyl (C=O) groups excluding carboxylic acids is 1. The van der Waals surface area contributed by atoms with Gasteiger partial charge in [-0.05, 0) is 61.8 Å². The highest BCUT2D eigenvalue weighted by Crippen LogP contribution is 2.32. The lowest BCUT2D eigenvalue weighted by Gasteiger charge is -2.30. The van der Waals surface area contributed by atoms with Crippen molar-refractivity contribution in [2.45, 2.75) is 25.6 Å². The van der Waals surface area contributed by atoms with Crippen molar-refractivity contribution in [2.75, 3.05) is 13.1 Å². The summed E-state index contributed by atoms with van der Waals surface area (Å²) in [6.07, 6.45) is -3.58. The van der Waals surface area contributed by atoms with E-state index in [-0.39, 0.29) is 30.1 Å². The number of rotatable bonds is 4. The molecule has 1 aliphatic rings. The van der Waals surface area contributed by atoms with Crippen molar-refractivity contribution >= 4 is 18.3 Å². The summed E-state index contributed by atoms with van der Waals surface area (Å²) in [5.41, 5.74) is -0.376. The summed E-state index contributed by atoms with van der Waals surface area (Å²) in [6, 6.07) is 11.2.